The van der Waals surface area contributed by atoms with Crippen molar-refractivity contribution >= 4 is 35.4 Å². The van der Waals surface area contributed by atoms with Crippen LogP contribution in [0.25, 0.3) is 0 Å². The van der Waals surface area contributed by atoms with E-state index in [-0.39, 0.29) is 12.2 Å². The molecule has 104 valence electrons. The number of methoxy groups -OCH3 is 1. The van der Waals surface area contributed by atoms with Crippen molar-refractivity contribution in [2.24, 2.45) is 4.99 Å². The van der Waals surface area contributed by atoms with Crippen molar-refractivity contribution in [2.45, 2.75) is 5.41 Å². The molecule has 1 aromatic rings. The topological polar surface area (TPSA) is 30.8 Å². The fourth-order valence-electron chi connectivity index (χ4n) is 2.40. The van der Waals surface area contributed by atoms with E-state index in [1.807, 2.05) is 41.7 Å². The quantitative estimate of drug-likeness (QED) is 0.722. The Labute approximate surface area is 123 Å². The highest BCUT2D eigenvalue weighted by molar-refractivity contribution is 7.99. The minimum Gasteiger partial charge on any atom is -0.467 e. The summed E-state index contributed by atoms with van der Waals surface area (Å²) in [6, 6.07) is 6.03. The zero-order chi connectivity index (χ0) is 13.7. The molecule has 5 heteroatoms. The van der Waals surface area contributed by atoms with Gasteiger partial charge in [0.15, 0.2) is 6.79 Å². The first-order chi connectivity index (χ1) is 9.27. The normalized spacial score (nSPS) is 15.5. The van der Waals surface area contributed by atoms with E-state index in [0.717, 1.165) is 22.9 Å². The molecule has 0 unspecified atom stereocenters. The summed E-state index contributed by atoms with van der Waals surface area (Å²) < 4.78 is 10.7. The van der Waals surface area contributed by atoms with Gasteiger partial charge < -0.3 is 9.47 Å². The Hall–Kier alpha value is -0.650. The number of hydrogen-bond acceptors (Lipinski definition) is 5. The summed E-state index contributed by atoms with van der Waals surface area (Å²) in [6.07, 6.45) is 6.35. The van der Waals surface area contributed by atoms with Crippen LogP contribution in [0.5, 0.6) is 5.75 Å². The number of rotatable bonds is 7. The minimum atomic E-state index is -0.0293. The summed E-state index contributed by atoms with van der Waals surface area (Å²) in [5.41, 5.74) is 2.20. The van der Waals surface area contributed by atoms with Crippen molar-refractivity contribution in [1.82, 2.24) is 0 Å². The minimum absolute atomic E-state index is 0.0293. The van der Waals surface area contributed by atoms with E-state index in [0.29, 0.717) is 0 Å². The fourth-order valence-corrected chi connectivity index (χ4v) is 4.20. The van der Waals surface area contributed by atoms with E-state index in [1.165, 1.54) is 5.56 Å². The van der Waals surface area contributed by atoms with Gasteiger partial charge >= 0.3 is 0 Å². The maximum Gasteiger partial charge on any atom is 0.188 e. The summed E-state index contributed by atoms with van der Waals surface area (Å²) in [7, 11) is 1.64. The van der Waals surface area contributed by atoms with Crippen LogP contribution in [0.4, 0.5) is 5.69 Å². The predicted octanol–water partition coefficient (Wildman–Crippen LogP) is 3.35. The Kier molecular flexibility index (Phi) is 5.19. The highest BCUT2D eigenvalue weighted by Crippen LogP contribution is 2.45. The maximum absolute atomic E-state index is 5.73. The monoisotopic (exact) mass is 297 g/mol. The van der Waals surface area contributed by atoms with E-state index in [1.54, 1.807) is 7.11 Å². The average Bonchev–Trinajstić information content (AvgIpc) is 2.77. The van der Waals surface area contributed by atoms with Gasteiger partial charge in [-0.25, -0.2) is 0 Å². The number of nitrogens with zero attached hydrogens (tertiary/aromatic N) is 1. The molecule has 1 aromatic carbocycles. The van der Waals surface area contributed by atoms with E-state index >= 15 is 0 Å². The molecule has 3 nitrogen and oxygen atoms in total. The summed E-state index contributed by atoms with van der Waals surface area (Å²) in [5, 5.41) is 0. The van der Waals surface area contributed by atoms with Crippen LogP contribution in [0.15, 0.2) is 23.2 Å². The van der Waals surface area contributed by atoms with Crippen LogP contribution in [0.3, 0.4) is 0 Å². The smallest absolute Gasteiger partial charge is 0.188 e. The van der Waals surface area contributed by atoms with Gasteiger partial charge in [-0.2, -0.15) is 23.5 Å². The molecule has 1 aliphatic heterocycles. The van der Waals surface area contributed by atoms with Crippen molar-refractivity contribution in [3.05, 3.63) is 23.8 Å². The number of hydrogen-bond donors (Lipinski definition) is 0. The van der Waals surface area contributed by atoms with E-state index in [9.17, 15) is 0 Å². The van der Waals surface area contributed by atoms with E-state index in [2.05, 4.69) is 23.7 Å². The highest BCUT2D eigenvalue weighted by atomic mass is 32.2. The number of benzene rings is 1. The second-order valence-corrected chi connectivity index (χ2v) is 6.21. The molecule has 2 rings (SSSR count). The van der Waals surface area contributed by atoms with E-state index < -0.39 is 0 Å². The summed E-state index contributed by atoms with van der Waals surface area (Å²) >= 11 is 3.68. The van der Waals surface area contributed by atoms with Crippen LogP contribution < -0.4 is 4.74 Å². The fraction of sp³-hybridized carbons (Fsp3) is 0.500. The number of thioether (sulfide) groups is 2. The Morgan fingerprint density at radius 3 is 2.58 bits per heavy atom. The van der Waals surface area contributed by atoms with Gasteiger partial charge in [-0.05, 0) is 24.6 Å². The number of ether oxygens (including phenoxy) is 2. The summed E-state index contributed by atoms with van der Waals surface area (Å²) in [5.74, 6) is 2.91. The SMILES string of the molecule is COCOc1cccc2c1C(CSC)(CSC)C=N2. The summed E-state index contributed by atoms with van der Waals surface area (Å²) in [6.45, 7) is 0.269. The molecule has 0 aliphatic carbocycles. The van der Waals surface area contributed by atoms with Crippen LogP contribution in [-0.2, 0) is 10.2 Å². The first kappa shape index (κ1) is 14.8. The predicted molar refractivity (Wildman–Crippen MR) is 85.5 cm³/mol. The highest BCUT2D eigenvalue weighted by Gasteiger charge is 2.38. The van der Waals surface area contributed by atoms with Gasteiger partial charge in [-0.1, -0.05) is 6.07 Å². The Morgan fingerprint density at radius 2 is 1.95 bits per heavy atom. The van der Waals surface area contributed by atoms with Crippen molar-refractivity contribution < 1.29 is 9.47 Å². The van der Waals surface area contributed by atoms with Gasteiger partial charge in [-0.3, -0.25) is 4.99 Å². The third kappa shape index (κ3) is 2.93. The molecular weight excluding hydrogens is 278 g/mol. The number of fused-ring (bicyclic) bond motifs is 1. The molecule has 0 aromatic heterocycles. The molecule has 0 saturated carbocycles. The van der Waals surface area contributed by atoms with Crippen molar-refractivity contribution in [3.63, 3.8) is 0 Å². The second-order valence-electron chi connectivity index (χ2n) is 4.48. The lowest BCUT2D eigenvalue weighted by Gasteiger charge is -2.27. The molecule has 0 bridgehead atoms. The maximum atomic E-state index is 5.73. The van der Waals surface area contributed by atoms with Crippen LogP contribution in [0, 0.1) is 0 Å². The van der Waals surface area contributed by atoms with E-state index in [4.69, 9.17) is 9.47 Å². The lowest BCUT2D eigenvalue weighted by atomic mass is 9.86. The first-order valence-electron chi connectivity index (χ1n) is 6.06. The molecule has 0 N–H and O–H groups in total. The largest absolute Gasteiger partial charge is 0.467 e. The standard InChI is InChI=1S/C14H19NO2S2/c1-16-10-17-12-6-4-5-11-13(12)14(7-15-11,8-18-2)9-19-3/h4-7H,8-10H2,1-3H3. The molecular formula is C14H19NO2S2. The van der Waals surface area contributed by atoms with Crippen molar-refractivity contribution in [2.75, 3.05) is 37.9 Å². The summed E-state index contributed by atoms with van der Waals surface area (Å²) in [4.78, 5) is 4.59. The third-order valence-electron chi connectivity index (χ3n) is 3.09. The Balaban J connectivity index is 2.41. The molecule has 0 radical (unpaired) electrons. The molecule has 0 saturated heterocycles. The molecule has 0 atom stereocenters. The first-order valence-corrected chi connectivity index (χ1v) is 8.84. The molecule has 1 aliphatic rings. The second kappa shape index (κ2) is 6.68. The lowest BCUT2D eigenvalue weighted by Crippen LogP contribution is -2.32. The molecule has 19 heavy (non-hydrogen) atoms. The van der Waals surface area contributed by atoms with Gasteiger partial charge in [-0.15, -0.1) is 0 Å². The molecule has 0 spiro atoms. The lowest BCUT2D eigenvalue weighted by molar-refractivity contribution is 0.0502. The van der Waals surface area contributed by atoms with Gasteiger partial charge in [0, 0.05) is 30.4 Å². The van der Waals surface area contributed by atoms with Crippen molar-refractivity contribution in [3.8, 4) is 5.75 Å². The Bertz CT molecular complexity index is 457. The van der Waals surface area contributed by atoms with Gasteiger partial charge in [0.2, 0.25) is 0 Å². The average molecular weight is 297 g/mol. The molecule has 0 amide bonds. The number of aliphatic imine (C=N–C) groups is 1. The van der Waals surface area contributed by atoms with Crippen LogP contribution in [0.1, 0.15) is 5.56 Å². The van der Waals surface area contributed by atoms with Crippen LogP contribution >= 0.6 is 23.5 Å². The molecule has 0 fully saturated rings. The Morgan fingerprint density at radius 1 is 1.21 bits per heavy atom. The van der Waals surface area contributed by atoms with Gasteiger partial charge in [0.05, 0.1) is 11.1 Å². The van der Waals surface area contributed by atoms with Crippen LogP contribution in [-0.4, -0.2) is 44.1 Å². The zero-order valence-electron chi connectivity index (χ0n) is 11.5. The third-order valence-corrected chi connectivity index (χ3v) is 4.70. The zero-order valence-corrected chi connectivity index (χ0v) is 13.1. The van der Waals surface area contributed by atoms with Crippen molar-refractivity contribution in [1.29, 1.82) is 0 Å². The van der Waals surface area contributed by atoms with Gasteiger partial charge in [0.25, 0.3) is 0 Å². The van der Waals surface area contributed by atoms with Crippen LogP contribution in [0.2, 0.25) is 0 Å². The van der Waals surface area contributed by atoms with Gasteiger partial charge in [0.1, 0.15) is 5.75 Å². The molecule has 1 heterocycles.